The predicted octanol–water partition coefficient (Wildman–Crippen LogP) is 2.71. The minimum absolute atomic E-state index is 0.0654. The Morgan fingerprint density at radius 2 is 1.94 bits per heavy atom. The predicted molar refractivity (Wildman–Crippen MR) is 54.9 cm³/mol. The van der Waals surface area contributed by atoms with Crippen LogP contribution in [0.4, 0.5) is 4.39 Å². The summed E-state index contributed by atoms with van der Waals surface area (Å²) in [5.41, 5.74) is 1.42. The van der Waals surface area contributed by atoms with Crippen molar-refractivity contribution < 1.29 is 18.7 Å². The zero-order valence-electron chi connectivity index (χ0n) is 8.31. The summed E-state index contributed by atoms with van der Waals surface area (Å²) in [4.78, 5) is 10.8. The molecule has 1 heterocycles. The largest absolute Gasteiger partial charge is 0.475 e. The van der Waals surface area contributed by atoms with Crippen molar-refractivity contribution in [3.05, 3.63) is 59.3 Å². The molecule has 0 unspecified atom stereocenters. The molecule has 0 spiro atoms. The molecule has 0 bridgehead atoms. The van der Waals surface area contributed by atoms with Crippen LogP contribution in [0.25, 0.3) is 0 Å². The van der Waals surface area contributed by atoms with E-state index in [0.29, 0.717) is 12.0 Å². The molecule has 0 aliphatic heterocycles. The lowest BCUT2D eigenvalue weighted by molar-refractivity contribution is 0.0661. The number of furan rings is 1. The van der Waals surface area contributed by atoms with Crippen LogP contribution in [0.15, 0.2) is 41.0 Å². The normalized spacial score (nSPS) is 10.3. The van der Waals surface area contributed by atoms with Gasteiger partial charge in [-0.3, -0.25) is 0 Å². The van der Waals surface area contributed by atoms with Gasteiger partial charge in [0.1, 0.15) is 5.82 Å². The highest BCUT2D eigenvalue weighted by atomic mass is 19.1. The summed E-state index contributed by atoms with van der Waals surface area (Å²) >= 11 is 0. The van der Waals surface area contributed by atoms with Crippen molar-refractivity contribution in [2.24, 2.45) is 0 Å². The van der Waals surface area contributed by atoms with Gasteiger partial charge in [0.25, 0.3) is 0 Å². The molecule has 16 heavy (non-hydrogen) atoms. The van der Waals surface area contributed by atoms with Crippen LogP contribution < -0.4 is 0 Å². The van der Waals surface area contributed by atoms with Crippen LogP contribution in [0.1, 0.15) is 21.7 Å². The Bertz CT molecular complexity index is 499. The first-order chi connectivity index (χ1) is 7.66. The number of benzene rings is 1. The SMILES string of the molecule is O=C(O)c1occc1Cc1ccc(F)cc1. The van der Waals surface area contributed by atoms with E-state index in [2.05, 4.69) is 0 Å². The summed E-state index contributed by atoms with van der Waals surface area (Å²) in [5, 5.41) is 8.82. The maximum atomic E-state index is 12.7. The maximum absolute atomic E-state index is 12.7. The van der Waals surface area contributed by atoms with E-state index in [1.807, 2.05) is 0 Å². The highest BCUT2D eigenvalue weighted by Crippen LogP contribution is 2.16. The Kier molecular flexibility index (Phi) is 2.72. The first kappa shape index (κ1) is 10.4. The van der Waals surface area contributed by atoms with Crippen molar-refractivity contribution in [2.45, 2.75) is 6.42 Å². The second-order valence-electron chi connectivity index (χ2n) is 3.38. The van der Waals surface area contributed by atoms with Crippen LogP contribution in [0.3, 0.4) is 0 Å². The third kappa shape index (κ3) is 2.11. The summed E-state index contributed by atoms with van der Waals surface area (Å²) < 4.78 is 17.5. The van der Waals surface area contributed by atoms with Gasteiger partial charge in [-0.1, -0.05) is 12.1 Å². The van der Waals surface area contributed by atoms with Crippen molar-refractivity contribution in [2.75, 3.05) is 0 Å². The van der Waals surface area contributed by atoms with Crippen LogP contribution in [0.5, 0.6) is 0 Å². The van der Waals surface area contributed by atoms with E-state index < -0.39 is 5.97 Å². The molecule has 0 saturated carbocycles. The van der Waals surface area contributed by atoms with Crippen molar-refractivity contribution in [1.29, 1.82) is 0 Å². The van der Waals surface area contributed by atoms with Gasteiger partial charge in [-0.05, 0) is 23.8 Å². The summed E-state index contributed by atoms with van der Waals surface area (Å²) in [6.07, 6.45) is 1.75. The zero-order valence-corrected chi connectivity index (χ0v) is 8.31. The molecular formula is C12H9FO3. The number of halogens is 1. The molecule has 2 aromatic rings. The van der Waals surface area contributed by atoms with Gasteiger partial charge in [-0.15, -0.1) is 0 Å². The monoisotopic (exact) mass is 220 g/mol. The van der Waals surface area contributed by atoms with Gasteiger partial charge in [0.15, 0.2) is 0 Å². The van der Waals surface area contributed by atoms with Gasteiger partial charge < -0.3 is 9.52 Å². The lowest BCUT2D eigenvalue weighted by atomic mass is 10.1. The second kappa shape index (κ2) is 4.18. The van der Waals surface area contributed by atoms with Crippen molar-refractivity contribution in [1.82, 2.24) is 0 Å². The first-order valence-corrected chi connectivity index (χ1v) is 4.71. The molecule has 0 aliphatic carbocycles. The Balaban J connectivity index is 2.23. The molecule has 0 aliphatic rings. The molecule has 0 atom stereocenters. The van der Waals surface area contributed by atoms with E-state index in [1.54, 1.807) is 18.2 Å². The quantitative estimate of drug-likeness (QED) is 0.865. The van der Waals surface area contributed by atoms with E-state index in [1.165, 1.54) is 18.4 Å². The molecule has 4 heteroatoms. The fourth-order valence-corrected chi connectivity index (χ4v) is 1.48. The van der Waals surface area contributed by atoms with E-state index in [-0.39, 0.29) is 11.6 Å². The number of hydrogen-bond acceptors (Lipinski definition) is 2. The maximum Gasteiger partial charge on any atom is 0.372 e. The van der Waals surface area contributed by atoms with Crippen LogP contribution >= 0.6 is 0 Å². The standard InChI is InChI=1S/C12H9FO3/c13-10-3-1-8(2-4-10)7-9-5-6-16-11(9)12(14)15/h1-6H,7H2,(H,14,15). The Morgan fingerprint density at radius 3 is 2.56 bits per heavy atom. The third-order valence-corrected chi connectivity index (χ3v) is 2.25. The number of aromatic carboxylic acids is 1. The van der Waals surface area contributed by atoms with E-state index in [9.17, 15) is 9.18 Å². The molecule has 1 aromatic carbocycles. The van der Waals surface area contributed by atoms with E-state index in [0.717, 1.165) is 5.56 Å². The van der Waals surface area contributed by atoms with Crippen LogP contribution in [0, 0.1) is 5.82 Å². The Labute approximate surface area is 91.1 Å². The van der Waals surface area contributed by atoms with Crippen molar-refractivity contribution in [3.63, 3.8) is 0 Å². The number of carboxylic acid groups (broad SMARTS) is 1. The highest BCUT2D eigenvalue weighted by Gasteiger charge is 2.13. The minimum atomic E-state index is -1.10. The molecular weight excluding hydrogens is 211 g/mol. The molecule has 1 N–H and O–H groups in total. The van der Waals surface area contributed by atoms with Gasteiger partial charge in [-0.2, -0.15) is 0 Å². The molecule has 1 aromatic heterocycles. The highest BCUT2D eigenvalue weighted by molar-refractivity contribution is 5.86. The zero-order chi connectivity index (χ0) is 11.5. The van der Waals surface area contributed by atoms with Gasteiger partial charge in [0.2, 0.25) is 5.76 Å². The molecule has 0 saturated heterocycles. The average Bonchev–Trinajstić information content (AvgIpc) is 2.69. The molecule has 0 amide bonds. The van der Waals surface area contributed by atoms with Crippen LogP contribution in [-0.2, 0) is 6.42 Å². The number of carbonyl (C=O) groups is 1. The summed E-state index contributed by atoms with van der Waals surface area (Å²) in [5.74, 6) is -1.47. The molecule has 0 fully saturated rings. The topological polar surface area (TPSA) is 50.4 Å². The third-order valence-electron chi connectivity index (χ3n) is 2.25. The lowest BCUT2D eigenvalue weighted by Crippen LogP contribution is -1.99. The lowest BCUT2D eigenvalue weighted by Gasteiger charge is -1.99. The van der Waals surface area contributed by atoms with Crippen LogP contribution in [-0.4, -0.2) is 11.1 Å². The molecule has 3 nitrogen and oxygen atoms in total. The summed E-state index contributed by atoms with van der Waals surface area (Å²) in [7, 11) is 0. The smallest absolute Gasteiger partial charge is 0.372 e. The van der Waals surface area contributed by atoms with Crippen molar-refractivity contribution >= 4 is 5.97 Å². The summed E-state index contributed by atoms with van der Waals surface area (Å²) in [6.45, 7) is 0. The molecule has 82 valence electrons. The van der Waals surface area contributed by atoms with Crippen LogP contribution in [0.2, 0.25) is 0 Å². The average molecular weight is 220 g/mol. The van der Waals surface area contributed by atoms with Gasteiger partial charge in [0, 0.05) is 12.0 Å². The van der Waals surface area contributed by atoms with E-state index >= 15 is 0 Å². The Hall–Kier alpha value is -2.10. The van der Waals surface area contributed by atoms with E-state index in [4.69, 9.17) is 9.52 Å². The van der Waals surface area contributed by atoms with Gasteiger partial charge >= 0.3 is 5.97 Å². The number of rotatable bonds is 3. The Morgan fingerprint density at radius 1 is 1.25 bits per heavy atom. The number of hydrogen-bond donors (Lipinski definition) is 1. The van der Waals surface area contributed by atoms with Crippen molar-refractivity contribution in [3.8, 4) is 0 Å². The minimum Gasteiger partial charge on any atom is -0.475 e. The second-order valence-corrected chi connectivity index (χ2v) is 3.38. The van der Waals surface area contributed by atoms with Gasteiger partial charge in [-0.25, -0.2) is 9.18 Å². The van der Waals surface area contributed by atoms with Gasteiger partial charge in [0.05, 0.1) is 6.26 Å². The molecule has 2 rings (SSSR count). The first-order valence-electron chi connectivity index (χ1n) is 4.71. The summed E-state index contributed by atoms with van der Waals surface area (Å²) in [6, 6.07) is 7.53. The number of carboxylic acids is 1. The fraction of sp³-hybridized carbons (Fsp3) is 0.0833. The molecule has 0 radical (unpaired) electrons. The fourth-order valence-electron chi connectivity index (χ4n) is 1.48.